The first-order valence-electron chi connectivity index (χ1n) is 6.64. The third-order valence-electron chi connectivity index (χ3n) is 3.65. The summed E-state index contributed by atoms with van der Waals surface area (Å²) in [6.07, 6.45) is 1.62. The summed E-state index contributed by atoms with van der Waals surface area (Å²) in [5.74, 6) is -0.184. The average molecular weight is 268 g/mol. The Kier molecular flexibility index (Phi) is 3.24. The number of aromatic nitrogens is 1. The molecule has 0 unspecified atom stereocenters. The van der Waals surface area contributed by atoms with Gasteiger partial charge in [0.05, 0.1) is 12.1 Å². The van der Waals surface area contributed by atoms with E-state index in [1.54, 1.807) is 18.3 Å². The van der Waals surface area contributed by atoms with Gasteiger partial charge in [-0.15, -0.1) is 0 Å². The maximum Gasteiger partial charge on any atom is 0.251 e. The number of pyridine rings is 1. The van der Waals surface area contributed by atoms with E-state index in [0.717, 1.165) is 16.8 Å². The highest BCUT2D eigenvalue weighted by Gasteiger charge is 2.31. The van der Waals surface area contributed by atoms with Gasteiger partial charge < -0.3 is 10.4 Å². The second-order valence-corrected chi connectivity index (χ2v) is 5.11. The van der Waals surface area contributed by atoms with E-state index in [4.69, 9.17) is 0 Å². The SMILES string of the molecule is Cc1cc(C(=O)N[C@H]2c3ccccc3C[C@H]2O)ccn1. The fourth-order valence-electron chi connectivity index (χ4n) is 2.66. The van der Waals surface area contributed by atoms with Crippen LogP contribution in [0.2, 0.25) is 0 Å². The number of aliphatic hydroxyl groups is 1. The van der Waals surface area contributed by atoms with Gasteiger partial charge in [0.25, 0.3) is 5.91 Å². The maximum atomic E-state index is 12.3. The van der Waals surface area contributed by atoms with Gasteiger partial charge in [-0.05, 0) is 30.2 Å². The van der Waals surface area contributed by atoms with Gasteiger partial charge in [0, 0.05) is 23.9 Å². The predicted octanol–water partition coefficient (Wildman–Crippen LogP) is 1.78. The molecular weight excluding hydrogens is 252 g/mol. The number of aliphatic hydroxyl groups excluding tert-OH is 1. The number of rotatable bonds is 2. The van der Waals surface area contributed by atoms with Crippen LogP contribution in [0.3, 0.4) is 0 Å². The number of fused-ring (bicyclic) bond motifs is 1. The number of nitrogens with one attached hydrogen (secondary N) is 1. The standard InChI is InChI=1S/C16H16N2O2/c1-10-8-12(6-7-17-10)16(20)18-15-13-5-3-2-4-11(13)9-14(15)19/h2-8,14-15,19H,9H2,1H3,(H,18,20)/t14-,15+/m1/s1. The number of aryl methyl sites for hydroxylation is 1. The Morgan fingerprint density at radius 3 is 2.95 bits per heavy atom. The van der Waals surface area contributed by atoms with Crippen molar-refractivity contribution in [2.75, 3.05) is 0 Å². The van der Waals surface area contributed by atoms with E-state index in [1.807, 2.05) is 31.2 Å². The first-order chi connectivity index (χ1) is 9.65. The van der Waals surface area contributed by atoms with E-state index in [9.17, 15) is 9.90 Å². The number of hydrogen-bond donors (Lipinski definition) is 2. The molecule has 0 aliphatic heterocycles. The highest BCUT2D eigenvalue weighted by atomic mass is 16.3. The van der Waals surface area contributed by atoms with Crippen molar-refractivity contribution in [3.8, 4) is 0 Å². The Morgan fingerprint density at radius 1 is 1.35 bits per heavy atom. The van der Waals surface area contributed by atoms with Crippen molar-refractivity contribution >= 4 is 5.91 Å². The molecule has 1 aromatic carbocycles. The van der Waals surface area contributed by atoms with Gasteiger partial charge in [0.15, 0.2) is 0 Å². The summed E-state index contributed by atoms with van der Waals surface area (Å²) in [7, 11) is 0. The highest BCUT2D eigenvalue weighted by molar-refractivity contribution is 5.94. The third-order valence-corrected chi connectivity index (χ3v) is 3.65. The zero-order valence-electron chi connectivity index (χ0n) is 11.2. The molecule has 2 atom stereocenters. The van der Waals surface area contributed by atoms with Gasteiger partial charge in [-0.1, -0.05) is 24.3 Å². The van der Waals surface area contributed by atoms with Crippen molar-refractivity contribution in [1.82, 2.24) is 10.3 Å². The van der Waals surface area contributed by atoms with Crippen molar-refractivity contribution < 1.29 is 9.90 Å². The Hall–Kier alpha value is -2.20. The fourth-order valence-corrected chi connectivity index (χ4v) is 2.66. The summed E-state index contributed by atoms with van der Waals surface area (Å²) in [6.45, 7) is 1.84. The number of nitrogens with zero attached hydrogens (tertiary/aromatic N) is 1. The lowest BCUT2D eigenvalue weighted by Crippen LogP contribution is -2.33. The molecule has 102 valence electrons. The molecule has 1 heterocycles. The smallest absolute Gasteiger partial charge is 0.251 e. The van der Waals surface area contributed by atoms with Gasteiger partial charge in [-0.2, -0.15) is 0 Å². The van der Waals surface area contributed by atoms with Crippen molar-refractivity contribution in [3.63, 3.8) is 0 Å². The molecule has 0 saturated carbocycles. The monoisotopic (exact) mass is 268 g/mol. The van der Waals surface area contributed by atoms with Crippen LogP contribution in [0.5, 0.6) is 0 Å². The number of benzene rings is 1. The molecule has 1 aromatic heterocycles. The topological polar surface area (TPSA) is 62.2 Å². The number of carbonyl (C=O) groups is 1. The van der Waals surface area contributed by atoms with Crippen LogP contribution in [0.15, 0.2) is 42.6 Å². The fraction of sp³-hybridized carbons (Fsp3) is 0.250. The number of amides is 1. The molecule has 0 spiro atoms. The molecule has 0 fully saturated rings. The van der Waals surface area contributed by atoms with Gasteiger partial charge in [-0.25, -0.2) is 0 Å². The van der Waals surface area contributed by atoms with Crippen molar-refractivity contribution in [2.24, 2.45) is 0 Å². The van der Waals surface area contributed by atoms with Gasteiger partial charge in [0.1, 0.15) is 0 Å². The Labute approximate surface area is 117 Å². The summed E-state index contributed by atoms with van der Waals surface area (Å²) in [5, 5.41) is 13.0. The Morgan fingerprint density at radius 2 is 2.15 bits per heavy atom. The summed E-state index contributed by atoms with van der Waals surface area (Å²) in [5.41, 5.74) is 3.45. The predicted molar refractivity (Wildman–Crippen MR) is 75.3 cm³/mol. The van der Waals surface area contributed by atoms with E-state index in [0.29, 0.717) is 12.0 Å². The summed E-state index contributed by atoms with van der Waals surface area (Å²) >= 11 is 0. The number of carbonyl (C=O) groups excluding carboxylic acids is 1. The van der Waals surface area contributed by atoms with Crippen molar-refractivity contribution in [2.45, 2.75) is 25.5 Å². The first kappa shape index (κ1) is 12.8. The van der Waals surface area contributed by atoms with E-state index >= 15 is 0 Å². The molecule has 0 radical (unpaired) electrons. The second-order valence-electron chi connectivity index (χ2n) is 5.11. The van der Waals surface area contributed by atoms with Crippen LogP contribution >= 0.6 is 0 Å². The maximum absolute atomic E-state index is 12.3. The highest BCUT2D eigenvalue weighted by Crippen LogP contribution is 2.31. The zero-order chi connectivity index (χ0) is 14.1. The van der Waals surface area contributed by atoms with Gasteiger partial charge in [-0.3, -0.25) is 9.78 Å². The average Bonchev–Trinajstić information content (AvgIpc) is 2.75. The minimum Gasteiger partial charge on any atom is -0.390 e. The van der Waals surface area contributed by atoms with Crippen LogP contribution in [0.25, 0.3) is 0 Å². The molecule has 3 rings (SSSR count). The molecular formula is C16H16N2O2. The zero-order valence-corrected chi connectivity index (χ0v) is 11.2. The van der Waals surface area contributed by atoms with E-state index in [-0.39, 0.29) is 11.9 Å². The van der Waals surface area contributed by atoms with Crippen LogP contribution < -0.4 is 5.32 Å². The molecule has 0 bridgehead atoms. The normalized spacial score (nSPS) is 20.5. The largest absolute Gasteiger partial charge is 0.390 e. The van der Waals surface area contributed by atoms with Gasteiger partial charge in [0.2, 0.25) is 0 Å². The lowest BCUT2D eigenvalue weighted by atomic mass is 10.1. The molecule has 1 amide bonds. The van der Waals surface area contributed by atoms with E-state index < -0.39 is 6.10 Å². The summed E-state index contributed by atoms with van der Waals surface area (Å²) in [4.78, 5) is 16.3. The molecule has 4 nitrogen and oxygen atoms in total. The van der Waals surface area contributed by atoms with Crippen molar-refractivity contribution in [3.05, 3.63) is 65.0 Å². The lowest BCUT2D eigenvalue weighted by molar-refractivity contribution is 0.0858. The Bertz CT molecular complexity index is 654. The van der Waals surface area contributed by atoms with E-state index in [2.05, 4.69) is 10.3 Å². The van der Waals surface area contributed by atoms with Crippen LogP contribution in [-0.2, 0) is 6.42 Å². The summed E-state index contributed by atoms with van der Waals surface area (Å²) < 4.78 is 0. The summed E-state index contributed by atoms with van der Waals surface area (Å²) in [6, 6.07) is 10.9. The lowest BCUT2D eigenvalue weighted by Gasteiger charge is -2.18. The number of hydrogen-bond acceptors (Lipinski definition) is 3. The van der Waals surface area contributed by atoms with E-state index in [1.165, 1.54) is 0 Å². The van der Waals surface area contributed by atoms with Crippen LogP contribution in [0.4, 0.5) is 0 Å². The molecule has 4 heteroatoms. The molecule has 20 heavy (non-hydrogen) atoms. The molecule has 2 aromatic rings. The molecule has 1 aliphatic rings. The van der Waals surface area contributed by atoms with Crippen LogP contribution in [-0.4, -0.2) is 22.1 Å². The molecule has 2 N–H and O–H groups in total. The van der Waals surface area contributed by atoms with Crippen molar-refractivity contribution in [1.29, 1.82) is 0 Å². The molecule has 1 aliphatic carbocycles. The van der Waals surface area contributed by atoms with Crippen LogP contribution in [0.1, 0.15) is 33.2 Å². The second kappa shape index (κ2) is 5.06. The van der Waals surface area contributed by atoms with Gasteiger partial charge >= 0.3 is 0 Å². The minimum atomic E-state index is -0.570. The quantitative estimate of drug-likeness (QED) is 0.872. The minimum absolute atomic E-state index is 0.184. The first-order valence-corrected chi connectivity index (χ1v) is 6.64. The van der Waals surface area contributed by atoms with Crippen LogP contribution in [0, 0.1) is 6.92 Å². The Balaban J connectivity index is 1.83. The third kappa shape index (κ3) is 2.30. The molecule has 0 saturated heterocycles.